The van der Waals surface area contributed by atoms with Crippen molar-refractivity contribution >= 4 is 23.2 Å². The largest absolute Gasteiger partial charge is 0.476 e. The van der Waals surface area contributed by atoms with E-state index in [1.807, 2.05) is 0 Å². The summed E-state index contributed by atoms with van der Waals surface area (Å²) in [6.07, 6.45) is 3.17. The zero-order valence-corrected chi connectivity index (χ0v) is 11.3. The minimum atomic E-state index is -1.03. The zero-order valence-electron chi connectivity index (χ0n) is 10.5. The molecule has 2 rings (SSSR count). The third kappa shape index (κ3) is 4.29. The van der Waals surface area contributed by atoms with E-state index in [1.165, 1.54) is 16.7 Å². The number of nitrogens with two attached hydrogens (primary N) is 1. The van der Waals surface area contributed by atoms with E-state index in [0.717, 1.165) is 12.8 Å². The Balaban J connectivity index is 1.67. The number of hydrogen-bond donors (Lipinski definition) is 3. The van der Waals surface area contributed by atoms with Crippen LogP contribution in [0.3, 0.4) is 0 Å². The van der Waals surface area contributed by atoms with Gasteiger partial charge in [0.15, 0.2) is 5.69 Å². The molecule has 0 aliphatic heterocycles. The highest BCUT2D eigenvalue weighted by Crippen LogP contribution is 2.32. The molecular weight excluding hydrogens is 266 g/mol. The number of carbonyl (C=O) groups is 2. The van der Waals surface area contributed by atoms with E-state index in [2.05, 4.69) is 10.3 Å². The molecule has 1 unspecified atom stereocenters. The number of carboxylic acids is 1. The molecule has 1 fully saturated rings. The Morgan fingerprint density at radius 2 is 2.32 bits per heavy atom. The van der Waals surface area contributed by atoms with Crippen molar-refractivity contribution in [2.45, 2.75) is 31.7 Å². The van der Waals surface area contributed by atoms with Crippen molar-refractivity contribution in [3.63, 3.8) is 0 Å². The van der Waals surface area contributed by atoms with Crippen molar-refractivity contribution in [1.82, 2.24) is 10.3 Å². The molecule has 1 saturated carbocycles. The maximum absolute atomic E-state index is 11.6. The fourth-order valence-electron chi connectivity index (χ4n) is 1.81. The first-order valence-electron chi connectivity index (χ1n) is 6.26. The summed E-state index contributed by atoms with van der Waals surface area (Å²) in [7, 11) is 0. The topological polar surface area (TPSA) is 105 Å². The molecule has 1 atom stereocenters. The molecule has 0 aromatic carbocycles. The Hall–Kier alpha value is -1.47. The number of carboxylic acid groups (broad SMARTS) is 1. The van der Waals surface area contributed by atoms with Crippen molar-refractivity contribution in [1.29, 1.82) is 0 Å². The standard InChI is InChI=1S/C12H17N3O3S/c13-8(7-1-2-7)5-10(16)14-4-3-11-15-9(6-19-11)12(17)18/h6-8H,1-5,13H2,(H,14,16)(H,17,18). The number of nitrogens with one attached hydrogen (secondary N) is 1. The van der Waals surface area contributed by atoms with Crippen LogP contribution in [0, 0.1) is 5.92 Å². The summed E-state index contributed by atoms with van der Waals surface area (Å²) >= 11 is 1.29. The van der Waals surface area contributed by atoms with Gasteiger partial charge in [0.05, 0.1) is 5.01 Å². The van der Waals surface area contributed by atoms with Crippen LogP contribution in [0.2, 0.25) is 0 Å². The summed E-state index contributed by atoms with van der Waals surface area (Å²) in [5, 5.41) is 13.7. The van der Waals surface area contributed by atoms with E-state index < -0.39 is 5.97 Å². The van der Waals surface area contributed by atoms with E-state index in [4.69, 9.17) is 10.8 Å². The molecule has 19 heavy (non-hydrogen) atoms. The number of nitrogens with zero attached hydrogens (tertiary/aromatic N) is 1. The Morgan fingerprint density at radius 3 is 2.89 bits per heavy atom. The molecule has 104 valence electrons. The van der Waals surface area contributed by atoms with Crippen LogP contribution in [0.25, 0.3) is 0 Å². The molecule has 6 nitrogen and oxygen atoms in total. The molecule has 0 spiro atoms. The van der Waals surface area contributed by atoms with Crippen LogP contribution in [-0.2, 0) is 11.2 Å². The quantitative estimate of drug-likeness (QED) is 0.680. The molecule has 0 saturated heterocycles. The van der Waals surface area contributed by atoms with Gasteiger partial charge in [0.25, 0.3) is 0 Å². The van der Waals surface area contributed by atoms with E-state index >= 15 is 0 Å². The summed E-state index contributed by atoms with van der Waals surface area (Å²) < 4.78 is 0. The molecule has 4 N–H and O–H groups in total. The highest BCUT2D eigenvalue weighted by Gasteiger charge is 2.29. The first-order valence-corrected chi connectivity index (χ1v) is 7.14. The molecule has 1 heterocycles. The van der Waals surface area contributed by atoms with Crippen molar-refractivity contribution < 1.29 is 14.7 Å². The van der Waals surface area contributed by atoms with Gasteiger partial charge in [-0.1, -0.05) is 0 Å². The number of amides is 1. The van der Waals surface area contributed by atoms with Gasteiger partial charge in [-0.25, -0.2) is 9.78 Å². The van der Waals surface area contributed by atoms with E-state index in [0.29, 0.717) is 30.3 Å². The Kier molecular flexibility index (Phi) is 4.49. The number of aromatic carboxylic acids is 1. The highest BCUT2D eigenvalue weighted by molar-refractivity contribution is 7.09. The molecule has 1 aromatic heterocycles. The fourth-order valence-corrected chi connectivity index (χ4v) is 2.58. The monoisotopic (exact) mass is 283 g/mol. The average molecular weight is 283 g/mol. The maximum Gasteiger partial charge on any atom is 0.355 e. The second-order valence-corrected chi connectivity index (χ2v) is 5.68. The smallest absolute Gasteiger partial charge is 0.355 e. The molecule has 0 bridgehead atoms. The van der Waals surface area contributed by atoms with Crippen molar-refractivity contribution in [2.75, 3.05) is 6.54 Å². The van der Waals surface area contributed by atoms with Crippen LogP contribution in [0.1, 0.15) is 34.8 Å². The zero-order chi connectivity index (χ0) is 13.8. The summed E-state index contributed by atoms with van der Waals surface area (Å²) in [4.78, 5) is 26.2. The molecule has 0 radical (unpaired) electrons. The fraction of sp³-hybridized carbons (Fsp3) is 0.583. The summed E-state index contributed by atoms with van der Waals surface area (Å²) in [5.74, 6) is -0.556. The number of hydrogen-bond acceptors (Lipinski definition) is 5. The Morgan fingerprint density at radius 1 is 1.58 bits per heavy atom. The third-order valence-corrected chi connectivity index (χ3v) is 3.99. The number of thiazole rings is 1. The minimum absolute atomic E-state index is 0.0292. The predicted octanol–water partition coefficient (Wildman–Crippen LogP) is 0.627. The van der Waals surface area contributed by atoms with Crippen LogP contribution < -0.4 is 11.1 Å². The van der Waals surface area contributed by atoms with Crippen LogP contribution in [0.5, 0.6) is 0 Å². The van der Waals surface area contributed by atoms with Crippen LogP contribution >= 0.6 is 11.3 Å². The van der Waals surface area contributed by atoms with Crippen molar-refractivity contribution in [2.24, 2.45) is 11.7 Å². The molecule has 7 heteroatoms. The second-order valence-electron chi connectivity index (χ2n) is 4.74. The average Bonchev–Trinajstić information content (AvgIpc) is 3.09. The van der Waals surface area contributed by atoms with Gasteiger partial charge in [0.1, 0.15) is 0 Å². The summed E-state index contributed by atoms with van der Waals surface area (Å²) in [6, 6.07) is -0.0292. The van der Waals surface area contributed by atoms with Crippen molar-refractivity contribution in [3.8, 4) is 0 Å². The molecular formula is C12H17N3O3S. The van der Waals surface area contributed by atoms with Gasteiger partial charge in [0, 0.05) is 30.8 Å². The van der Waals surface area contributed by atoms with Gasteiger partial charge in [-0.05, 0) is 18.8 Å². The van der Waals surface area contributed by atoms with E-state index in [1.54, 1.807) is 0 Å². The van der Waals surface area contributed by atoms with Gasteiger partial charge in [-0.3, -0.25) is 4.79 Å². The summed E-state index contributed by atoms with van der Waals surface area (Å²) in [6.45, 7) is 0.461. The lowest BCUT2D eigenvalue weighted by Crippen LogP contribution is -2.33. The van der Waals surface area contributed by atoms with Gasteiger partial charge in [0.2, 0.25) is 5.91 Å². The van der Waals surface area contributed by atoms with Gasteiger partial charge in [-0.15, -0.1) is 11.3 Å². The lowest BCUT2D eigenvalue weighted by molar-refractivity contribution is -0.121. The number of aromatic nitrogens is 1. The molecule has 1 aliphatic carbocycles. The Bertz CT molecular complexity index is 471. The lowest BCUT2D eigenvalue weighted by Gasteiger charge is -2.09. The van der Waals surface area contributed by atoms with Gasteiger partial charge < -0.3 is 16.2 Å². The number of rotatable bonds is 7. The number of carbonyl (C=O) groups excluding carboxylic acids is 1. The first-order chi connectivity index (χ1) is 9.06. The first kappa shape index (κ1) is 14.0. The lowest BCUT2D eigenvalue weighted by atomic mass is 10.1. The minimum Gasteiger partial charge on any atom is -0.476 e. The van der Waals surface area contributed by atoms with Crippen LogP contribution in [0.4, 0.5) is 0 Å². The second kappa shape index (κ2) is 6.12. The summed E-state index contributed by atoms with van der Waals surface area (Å²) in [5.41, 5.74) is 5.92. The predicted molar refractivity (Wildman–Crippen MR) is 71.1 cm³/mol. The molecule has 1 aliphatic rings. The SMILES string of the molecule is NC(CC(=O)NCCc1nc(C(=O)O)cs1)C1CC1. The maximum atomic E-state index is 11.6. The normalized spacial score (nSPS) is 16.1. The molecule has 1 amide bonds. The van der Waals surface area contributed by atoms with Crippen LogP contribution in [0.15, 0.2) is 5.38 Å². The molecule has 1 aromatic rings. The Labute approximate surface area is 115 Å². The van der Waals surface area contributed by atoms with Gasteiger partial charge >= 0.3 is 5.97 Å². The van der Waals surface area contributed by atoms with E-state index in [-0.39, 0.29) is 17.6 Å². The van der Waals surface area contributed by atoms with Crippen molar-refractivity contribution in [3.05, 3.63) is 16.1 Å². The highest BCUT2D eigenvalue weighted by atomic mass is 32.1. The third-order valence-electron chi connectivity index (χ3n) is 3.08. The van der Waals surface area contributed by atoms with Gasteiger partial charge in [-0.2, -0.15) is 0 Å². The van der Waals surface area contributed by atoms with E-state index in [9.17, 15) is 9.59 Å². The van der Waals surface area contributed by atoms with Crippen LogP contribution in [-0.4, -0.2) is 34.6 Å².